The smallest absolute Gasteiger partial charge is 0.341 e. The van der Waals surface area contributed by atoms with Gasteiger partial charge in [-0.15, -0.1) is 11.3 Å². The van der Waals surface area contributed by atoms with Crippen LogP contribution in [0.1, 0.15) is 59.8 Å². The molecule has 0 atom stereocenters. The van der Waals surface area contributed by atoms with Crippen LogP contribution in [0.3, 0.4) is 0 Å². The molecule has 0 aromatic carbocycles. The van der Waals surface area contributed by atoms with Crippen LogP contribution in [0.25, 0.3) is 0 Å². The number of rotatable bonds is 2. The Hall–Kier alpha value is -1.03. The van der Waals surface area contributed by atoms with Crippen molar-refractivity contribution in [1.29, 1.82) is 0 Å². The van der Waals surface area contributed by atoms with Gasteiger partial charge in [-0.25, -0.2) is 4.79 Å². The highest BCUT2D eigenvalue weighted by molar-refractivity contribution is 7.16. The molecule has 0 radical (unpaired) electrons. The molecule has 1 saturated carbocycles. The van der Waals surface area contributed by atoms with Crippen molar-refractivity contribution in [1.82, 2.24) is 0 Å². The van der Waals surface area contributed by atoms with Crippen LogP contribution in [-0.2, 0) is 17.6 Å². The Morgan fingerprint density at radius 1 is 1.37 bits per heavy atom. The third-order valence-electron chi connectivity index (χ3n) is 4.70. The molecule has 1 aromatic rings. The molecule has 0 saturated heterocycles. The van der Waals surface area contributed by atoms with E-state index < -0.39 is 0 Å². The maximum atomic E-state index is 12.0. The average molecular weight is 279 g/mol. The Morgan fingerprint density at radius 3 is 2.79 bits per heavy atom. The molecule has 1 heterocycles. The van der Waals surface area contributed by atoms with Crippen LogP contribution in [0.2, 0.25) is 0 Å². The van der Waals surface area contributed by atoms with Crippen molar-refractivity contribution in [3.63, 3.8) is 0 Å². The first-order valence-electron chi connectivity index (χ1n) is 7.22. The van der Waals surface area contributed by atoms with E-state index >= 15 is 0 Å². The number of carbonyl (C=O) groups is 1. The molecule has 19 heavy (non-hydrogen) atoms. The van der Waals surface area contributed by atoms with Crippen molar-refractivity contribution in [2.75, 3.05) is 12.3 Å². The molecule has 0 aliphatic heterocycles. The maximum Gasteiger partial charge on any atom is 0.341 e. The number of carbonyl (C=O) groups excluding carboxylic acids is 1. The summed E-state index contributed by atoms with van der Waals surface area (Å²) in [4.78, 5) is 13.4. The minimum Gasteiger partial charge on any atom is -0.462 e. The van der Waals surface area contributed by atoms with Gasteiger partial charge < -0.3 is 10.5 Å². The van der Waals surface area contributed by atoms with Gasteiger partial charge in [-0.2, -0.15) is 0 Å². The maximum absolute atomic E-state index is 12.0. The van der Waals surface area contributed by atoms with Crippen LogP contribution in [0.5, 0.6) is 0 Å². The first-order chi connectivity index (χ1) is 9.15. The number of hydrogen-bond donors (Lipinski definition) is 1. The van der Waals surface area contributed by atoms with Crippen molar-refractivity contribution in [3.05, 3.63) is 16.0 Å². The highest BCUT2D eigenvalue weighted by Crippen LogP contribution is 2.50. The Bertz CT molecular complexity index is 500. The fourth-order valence-electron chi connectivity index (χ4n) is 3.74. The highest BCUT2D eigenvalue weighted by Gasteiger charge is 2.39. The van der Waals surface area contributed by atoms with Crippen LogP contribution in [0.4, 0.5) is 5.00 Å². The molecule has 2 N–H and O–H groups in total. The van der Waals surface area contributed by atoms with Gasteiger partial charge in [0.25, 0.3) is 0 Å². The van der Waals surface area contributed by atoms with Gasteiger partial charge in [0.05, 0.1) is 12.2 Å². The molecule has 2 aliphatic rings. The largest absolute Gasteiger partial charge is 0.462 e. The summed E-state index contributed by atoms with van der Waals surface area (Å²) in [6.45, 7) is 2.24. The van der Waals surface area contributed by atoms with Crippen LogP contribution in [0, 0.1) is 5.41 Å². The molecular formula is C15H21NO2S. The number of esters is 1. The van der Waals surface area contributed by atoms with E-state index in [0.29, 0.717) is 22.6 Å². The lowest BCUT2D eigenvalue weighted by Gasteiger charge is -2.33. The molecule has 0 bridgehead atoms. The molecule has 1 fully saturated rings. The lowest BCUT2D eigenvalue weighted by molar-refractivity contribution is 0.0526. The SMILES string of the molecule is CCOC(=O)c1c(N)sc2c1CCC1(CCCC1)C2. The second-order valence-electron chi connectivity index (χ2n) is 5.85. The quantitative estimate of drug-likeness (QED) is 0.842. The third kappa shape index (κ3) is 2.16. The van der Waals surface area contributed by atoms with E-state index in [1.54, 1.807) is 11.3 Å². The predicted octanol–water partition coefficient (Wildman–Crippen LogP) is 3.56. The second kappa shape index (κ2) is 4.82. The van der Waals surface area contributed by atoms with E-state index in [-0.39, 0.29) is 5.97 Å². The summed E-state index contributed by atoms with van der Waals surface area (Å²) in [6.07, 6.45) is 8.75. The number of hydrogen-bond acceptors (Lipinski definition) is 4. The topological polar surface area (TPSA) is 52.3 Å². The molecule has 1 aromatic heterocycles. The van der Waals surface area contributed by atoms with Gasteiger partial charge in [0.2, 0.25) is 0 Å². The van der Waals surface area contributed by atoms with Gasteiger partial charge in [-0.1, -0.05) is 12.8 Å². The summed E-state index contributed by atoms with van der Waals surface area (Å²) in [6, 6.07) is 0. The minimum atomic E-state index is -0.236. The van der Waals surface area contributed by atoms with Gasteiger partial charge >= 0.3 is 5.97 Å². The first-order valence-corrected chi connectivity index (χ1v) is 8.04. The zero-order valence-electron chi connectivity index (χ0n) is 11.5. The van der Waals surface area contributed by atoms with E-state index in [1.165, 1.54) is 42.5 Å². The normalized spacial score (nSPS) is 20.5. The fraction of sp³-hybridized carbons (Fsp3) is 0.667. The Morgan fingerprint density at radius 2 is 2.11 bits per heavy atom. The van der Waals surface area contributed by atoms with Gasteiger partial charge in [0, 0.05) is 4.88 Å². The molecule has 0 amide bonds. The number of thiophene rings is 1. The molecule has 3 rings (SSSR count). The van der Waals surface area contributed by atoms with Crippen LogP contribution < -0.4 is 5.73 Å². The molecule has 3 nitrogen and oxygen atoms in total. The molecule has 4 heteroatoms. The summed E-state index contributed by atoms with van der Waals surface area (Å²) >= 11 is 1.61. The molecule has 0 unspecified atom stereocenters. The van der Waals surface area contributed by atoms with Crippen molar-refractivity contribution < 1.29 is 9.53 Å². The first kappa shape index (κ1) is 13.0. The Kier molecular flexibility index (Phi) is 3.29. The van der Waals surface area contributed by atoms with Crippen molar-refractivity contribution >= 4 is 22.3 Å². The standard InChI is InChI=1S/C15H21NO2S/c1-2-18-14(17)12-10-5-8-15(6-3-4-7-15)9-11(10)19-13(12)16/h2-9,16H2,1H3. The molecule has 2 aliphatic carbocycles. The van der Waals surface area contributed by atoms with E-state index in [1.807, 2.05) is 6.92 Å². The van der Waals surface area contributed by atoms with Crippen LogP contribution in [-0.4, -0.2) is 12.6 Å². The molecule has 1 spiro atoms. The monoisotopic (exact) mass is 279 g/mol. The lowest BCUT2D eigenvalue weighted by atomic mass is 9.72. The van der Waals surface area contributed by atoms with Crippen LogP contribution >= 0.6 is 11.3 Å². The van der Waals surface area contributed by atoms with E-state index in [0.717, 1.165) is 12.8 Å². The third-order valence-corrected chi connectivity index (χ3v) is 5.76. The second-order valence-corrected chi connectivity index (χ2v) is 6.98. The van der Waals surface area contributed by atoms with Gasteiger partial charge in [0.1, 0.15) is 5.00 Å². The van der Waals surface area contributed by atoms with Gasteiger partial charge in [-0.3, -0.25) is 0 Å². The number of nitrogen functional groups attached to an aromatic ring is 1. The lowest BCUT2D eigenvalue weighted by Crippen LogP contribution is -2.25. The van der Waals surface area contributed by atoms with Crippen molar-refractivity contribution in [2.45, 2.75) is 51.9 Å². The molecular weight excluding hydrogens is 258 g/mol. The minimum absolute atomic E-state index is 0.236. The van der Waals surface area contributed by atoms with E-state index in [4.69, 9.17) is 10.5 Å². The summed E-state index contributed by atoms with van der Waals surface area (Å²) in [5, 5.41) is 0.651. The summed E-state index contributed by atoms with van der Waals surface area (Å²) < 4.78 is 5.14. The predicted molar refractivity (Wildman–Crippen MR) is 77.6 cm³/mol. The van der Waals surface area contributed by atoms with E-state index in [9.17, 15) is 4.79 Å². The van der Waals surface area contributed by atoms with Crippen LogP contribution in [0.15, 0.2) is 0 Å². The summed E-state index contributed by atoms with van der Waals surface area (Å²) in [7, 11) is 0. The highest BCUT2D eigenvalue weighted by atomic mass is 32.1. The Labute approximate surface area is 118 Å². The summed E-state index contributed by atoms with van der Waals surface area (Å²) in [5.74, 6) is -0.236. The Balaban J connectivity index is 1.91. The zero-order chi connectivity index (χ0) is 13.5. The summed E-state index contributed by atoms with van der Waals surface area (Å²) in [5.41, 5.74) is 8.41. The van der Waals surface area contributed by atoms with Gasteiger partial charge in [-0.05, 0) is 50.0 Å². The molecule has 104 valence electrons. The number of ether oxygens (including phenoxy) is 1. The van der Waals surface area contributed by atoms with E-state index in [2.05, 4.69) is 0 Å². The van der Waals surface area contributed by atoms with Crippen molar-refractivity contribution in [3.8, 4) is 0 Å². The fourth-order valence-corrected chi connectivity index (χ4v) is 5.02. The van der Waals surface area contributed by atoms with Crippen molar-refractivity contribution in [2.24, 2.45) is 5.41 Å². The zero-order valence-corrected chi connectivity index (χ0v) is 12.3. The number of fused-ring (bicyclic) bond motifs is 1. The average Bonchev–Trinajstić information content (AvgIpc) is 2.93. The number of anilines is 1. The van der Waals surface area contributed by atoms with Gasteiger partial charge in [0.15, 0.2) is 0 Å². The number of nitrogens with two attached hydrogens (primary N) is 1.